The van der Waals surface area contributed by atoms with Gasteiger partial charge in [-0.1, -0.05) is 49.9 Å². The maximum absolute atomic E-state index is 11.7. The monoisotopic (exact) mass is 273 g/mol. The van der Waals surface area contributed by atoms with E-state index >= 15 is 0 Å². The standard InChI is InChI=1S/C17H23NO2/c19-17(20)16-11-13-7-5-6-8-14(13)12-18(16)15-9-3-1-2-4-10-15/h5-8,15-16H,1-4,9-12H2,(H,19,20). The molecule has 0 amide bonds. The van der Waals surface area contributed by atoms with E-state index in [1.54, 1.807) is 0 Å². The molecule has 1 aliphatic carbocycles. The number of hydrogen-bond acceptors (Lipinski definition) is 2. The summed E-state index contributed by atoms with van der Waals surface area (Å²) in [6, 6.07) is 8.41. The van der Waals surface area contributed by atoms with E-state index in [1.165, 1.54) is 36.8 Å². The van der Waals surface area contributed by atoms with Gasteiger partial charge in [0.05, 0.1) is 0 Å². The average Bonchev–Trinajstić information content (AvgIpc) is 2.74. The summed E-state index contributed by atoms with van der Waals surface area (Å²) < 4.78 is 0. The Morgan fingerprint density at radius 2 is 1.70 bits per heavy atom. The summed E-state index contributed by atoms with van der Waals surface area (Å²) in [5.74, 6) is -0.663. The lowest BCUT2D eigenvalue weighted by Crippen LogP contribution is -2.50. The highest BCUT2D eigenvalue weighted by atomic mass is 16.4. The van der Waals surface area contributed by atoms with Crippen molar-refractivity contribution >= 4 is 5.97 Å². The Morgan fingerprint density at radius 3 is 2.35 bits per heavy atom. The normalized spacial score (nSPS) is 24.9. The van der Waals surface area contributed by atoms with Crippen LogP contribution in [0.1, 0.15) is 49.7 Å². The SMILES string of the molecule is O=C(O)C1Cc2ccccc2CN1C1CCCCCC1. The van der Waals surface area contributed by atoms with Gasteiger partial charge in [-0.2, -0.15) is 0 Å². The number of fused-ring (bicyclic) bond motifs is 1. The molecule has 3 rings (SSSR count). The quantitative estimate of drug-likeness (QED) is 0.841. The van der Waals surface area contributed by atoms with Crippen LogP contribution in [-0.4, -0.2) is 28.1 Å². The second kappa shape index (κ2) is 5.96. The summed E-state index contributed by atoms with van der Waals surface area (Å²) in [6.45, 7) is 0.803. The van der Waals surface area contributed by atoms with Crippen molar-refractivity contribution in [2.45, 2.75) is 63.6 Å². The van der Waals surface area contributed by atoms with E-state index in [1.807, 2.05) is 6.07 Å². The first-order valence-corrected chi connectivity index (χ1v) is 7.81. The highest BCUT2D eigenvalue weighted by molar-refractivity contribution is 5.74. The van der Waals surface area contributed by atoms with Gasteiger partial charge in [0.2, 0.25) is 0 Å². The van der Waals surface area contributed by atoms with Gasteiger partial charge in [0.15, 0.2) is 0 Å². The average molecular weight is 273 g/mol. The first-order valence-electron chi connectivity index (χ1n) is 7.81. The third-order valence-corrected chi connectivity index (χ3v) is 4.86. The topological polar surface area (TPSA) is 40.5 Å². The zero-order valence-corrected chi connectivity index (χ0v) is 11.9. The Labute approximate surface area is 120 Å². The number of nitrogens with zero attached hydrogens (tertiary/aromatic N) is 1. The summed E-state index contributed by atoms with van der Waals surface area (Å²) in [7, 11) is 0. The van der Waals surface area contributed by atoms with Crippen molar-refractivity contribution in [2.24, 2.45) is 0 Å². The molecule has 20 heavy (non-hydrogen) atoms. The highest BCUT2D eigenvalue weighted by Crippen LogP contribution is 2.30. The lowest BCUT2D eigenvalue weighted by atomic mass is 9.91. The van der Waals surface area contributed by atoms with Crippen molar-refractivity contribution in [1.82, 2.24) is 4.90 Å². The van der Waals surface area contributed by atoms with Crippen LogP contribution in [0.15, 0.2) is 24.3 Å². The highest BCUT2D eigenvalue weighted by Gasteiger charge is 2.35. The predicted octanol–water partition coefficient (Wildman–Crippen LogP) is 3.22. The van der Waals surface area contributed by atoms with Gasteiger partial charge in [0.1, 0.15) is 6.04 Å². The van der Waals surface area contributed by atoms with E-state index in [9.17, 15) is 9.90 Å². The summed E-state index contributed by atoms with van der Waals surface area (Å²) >= 11 is 0. The maximum Gasteiger partial charge on any atom is 0.321 e. The van der Waals surface area contributed by atoms with Crippen LogP contribution in [0, 0.1) is 0 Å². The van der Waals surface area contributed by atoms with E-state index in [4.69, 9.17) is 0 Å². The van der Waals surface area contributed by atoms with Crippen molar-refractivity contribution in [1.29, 1.82) is 0 Å². The van der Waals surface area contributed by atoms with Crippen LogP contribution in [-0.2, 0) is 17.8 Å². The Morgan fingerprint density at radius 1 is 1.05 bits per heavy atom. The van der Waals surface area contributed by atoms with E-state index < -0.39 is 5.97 Å². The fourth-order valence-corrected chi connectivity index (χ4v) is 3.75. The molecule has 3 heteroatoms. The molecule has 0 spiro atoms. The predicted molar refractivity (Wildman–Crippen MR) is 78.6 cm³/mol. The first-order chi connectivity index (χ1) is 9.75. The molecule has 0 radical (unpaired) electrons. The zero-order chi connectivity index (χ0) is 13.9. The summed E-state index contributed by atoms with van der Waals surface area (Å²) in [4.78, 5) is 13.9. The van der Waals surface area contributed by atoms with Crippen molar-refractivity contribution in [3.05, 3.63) is 35.4 Å². The Balaban J connectivity index is 1.85. The van der Waals surface area contributed by atoms with Gasteiger partial charge in [-0.15, -0.1) is 0 Å². The minimum absolute atomic E-state index is 0.340. The molecule has 0 saturated heterocycles. The molecule has 1 unspecified atom stereocenters. The van der Waals surface area contributed by atoms with E-state index in [-0.39, 0.29) is 6.04 Å². The molecule has 108 valence electrons. The van der Waals surface area contributed by atoms with Crippen LogP contribution in [0.5, 0.6) is 0 Å². The molecule has 1 saturated carbocycles. The molecule has 0 bridgehead atoms. The second-order valence-electron chi connectivity index (χ2n) is 6.14. The van der Waals surface area contributed by atoms with Crippen LogP contribution >= 0.6 is 0 Å². The van der Waals surface area contributed by atoms with Gasteiger partial charge in [-0.25, -0.2) is 0 Å². The Bertz CT molecular complexity index is 478. The molecule has 2 aliphatic rings. The van der Waals surface area contributed by atoms with E-state index in [2.05, 4.69) is 23.1 Å². The first kappa shape index (κ1) is 13.6. The fourth-order valence-electron chi connectivity index (χ4n) is 3.75. The maximum atomic E-state index is 11.7. The minimum Gasteiger partial charge on any atom is -0.480 e. The largest absolute Gasteiger partial charge is 0.480 e. The molecule has 1 N–H and O–H groups in total. The van der Waals surface area contributed by atoms with Crippen LogP contribution in [0.2, 0.25) is 0 Å². The fraction of sp³-hybridized carbons (Fsp3) is 0.588. The van der Waals surface area contributed by atoms with Crippen molar-refractivity contribution < 1.29 is 9.90 Å². The number of carboxylic acid groups (broad SMARTS) is 1. The number of carbonyl (C=O) groups is 1. The van der Waals surface area contributed by atoms with Gasteiger partial charge < -0.3 is 5.11 Å². The van der Waals surface area contributed by atoms with Gasteiger partial charge in [-0.05, 0) is 30.4 Å². The van der Waals surface area contributed by atoms with Crippen LogP contribution in [0.4, 0.5) is 0 Å². The smallest absolute Gasteiger partial charge is 0.321 e. The Kier molecular flexibility index (Phi) is 4.06. The number of rotatable bonds is 2. The Hall–Kier alpha value is -1.35. The van der Waals surface area contributed by atoms with Crippen LogP contribution < -0.4 is 0 Å². The molecule has 0 aromatic heterocycles. The second-order valence-corrected chi connectivity index (χ2v) is 6.14. The van der Waals surface area contributed by atoms with Crippen LogP contribution in [0.3, 0.4) is 0 Å². The number of carboxylic acids is 1. The lowest BCUT2D eigenvalue weighted by molar-refractivity contribution is -0.145. The molecule has 1 fully saturated rings. The summed E-state index contributed by atoms with van der Waals surface area (Å²) in [6.07, 6.45) is 8.07. The van der Waals surface area contributed by atoms with Gasteiger partial charge >= 0.3 is 5.97 Å². The van der Waals surface area contributed by atoms with Crippen LogP contribution in [0.25, 0.3) is 0 Å². The van der Waals surface area contributed by atoms with Gasteiger partial charge in [0.25, 0.3) is 0 Å². The van der Waals surface area contributed by atoms with Gasteiger partial charge in [0, 0.05) is 12.6 Å². The van der Waals surface area contributed by atoms with E-state index in [0.717, 1.165) is 19.4 Å². The number of benzene rings is 1. The molecule has 3 nitrogen and oxygen atoms in total. The molecule has 1 aromatic rings. The molecule has 1 heterocycles. The third-order valence-electron chi connectivity index (χ3n) is 4.86. The molecule has 1 aromatic carbocycles. The van der Waals surface area contributed by atoms with Crippen molar-refractivity contribution in [3.63, 3.8) is 0 Å². The molecule has 1 aliphatic heterocycles. The van der Waals surface area contributed by atoms with E-state index in [0.29, 0.717) is 12.5 Å². The zero-order valence-electron chi connectivity index (χ0n) is 11.9. The minimum atomic E-state index is -0.663. The number of aliphatic carboxylic acids is 1. The lowest BCUT2D eigenvalue weighted by Gasteiger charge is -2.39. The van der Waals surface area contributed by atoms with Crippen molar-refractivity contribution in [2.75, 3.05) is 0 Å². The third kappa shape index (κ3) is 2.73. The molecule has 1 atom stereocenters. The molecular weight excluding hydrogens is 250 g/mol. The van der Waals surface area contributed by atoms with Crippen molar-refractivity contribution in [3.8, 4) is 0 Å². The summed E-state index contributed by atoms with van der Waals surface area (Å²) in [5.41, 5.74) is 2.53. The van der Waals surface area contributed by atoms with Gasteiger partial charge in [-0.3, -0.25) is 9.69 Å². The molecular formula is C17H23NO2. The summed E-state index contributed by atoms with van der Waals surface area (Å²) in [5, 5.41) is 9.59. The number of hydrogen-bond donors (Lipinski definition) is 1.